The van der Waals surface area contributed by atoms with Crippen LogP contribution in [0.3, 0.4) is 0 Å². The monoisotopic (exact) mass is 200 g/mol. The van der Waals surface area contributed by atoms with E-state index in [9.17, 15) is 0 Å². The molecule has 1 aliphatic rings. The van der Waals surface area contributed by atoms with Gasteiger partial charge in [0, 0.05) is 31.8 Å². The molecule has 0 saturated carbocycles. The van der Waals surface area contributed by atoms with Gasteiger partial charge in [-0.1, -0.05) is 13.8 Å². The normalized spacial score (nSPS) is 24.4. The first-order valence-electron chi connectivity index (χ1n) is 5.77. The van der Waals surface area contributed by atoms with Gasteiger partial charge in [0.25, 0.3) is 0 Å². The maximum Gasteiger partial charge on any atom is 0.0700 e. The molecule has 2 N–H and O–H groups in total. The molecule has 0 aliphatic carbocycles. The highest BCUT2D eigenvalue weighted by atomic mass is 16.5. The van der Waals surface area contributed by atoms with Gasteiger partial charge in [-0.25, -0.2) is 0 Å². The van der Waals surface area contributed by atoms with Crippen molar-refractivity contribution in [1.29, 1.82) is 0 Å². The molecule has 2 unspecified atom stereocenters. The lowest BCUT2D eigenvalue weighted by Crippen LogP contribution is -2.41. The Hall–Kier alpha value is -0.120. The molecule has 84 valence electrons. The van der Waals surface area contributed by atoms with E-state index >= 15 is 0 Å². The maximum atomic E-state index is 5.53. The minimum absolute atomic E-state index is 0.459. The third-order valence-electron chi connectivity index (χ3n) is 2.46. The zero-order chi connectivity index (χ0) is 10.4. The fourth-order valence-electron chi connectivity index (χ4n) is 1.89. The van der Waals surface area contributed by atoms with Crippen molar-refractivity contribution in [3.8, 4) is 0 Å². The molecular formula is C11H24N2O. The van der Waals surface area contributed by atoms with Crippen LogP contribution in [0.1, 0.15) is 33.6 Å². The summed E-state index contributed by atoms with van der Waals surface area (Å²) in [7, 11) is 0. The fraction of sp³-hybridized carbons (Fsp3) is 1.00. The van der Waals surface area contributed by atoms with Crippen LogP contribution in [-0.4, -0.2) is 37.9 Å². The molecule has 0 aromatic heterocycles. The van der Waals surface area contributed by atoms with Gasteiger partial charge in [0.2, 0.25) is 0 Å². The fourth-order valence-corrected chi connectivity index (χ4v) is 1.89. The first kappa shape index (κ1) is 12.0. The molecule has 2 atom stereocenters. The first-order chi connectivity index (χ1) is 6.68. The van der Waals surface area contributed by atoms with E-state index in [1.54, 1.807) is 0 Å². The Morgan fingerprint density at radius 3 is 2.71 bits per heavy atom. The van der Waals surface area contributed by atoms with Crippen LogP contribution in [0.5, 0.6) is 0 Å². The van der Waals surface area contributed by atoms with E-state index in [4.69, 9.17) is 4.74 Å². The smallest absolute Gasteiger partial charge is 0.0700 e. The van der Waals surface area contributed by atoms with Gasteiger partial charge >= 0.3 is 0 Å². The summed E-state index contributed by atoms with van der Waals surface area (Å²) in [6.07, 6.45) is 2.91. The van der Waals surface area contributed by atoms with E-state index in [1.807, 2.05) is 0 Å². The van der Waals surface area contributed by atoms with Crippen molar-refractivity contribution in [2.75, 3.05) is 19.7 Å². The van der Waals surface area contributed by atoms with E-state index in [-0.39, 0.29) is 0 Å². The Labute approximate surface area is 87.6 Å². The molecule has 1 saturated heterocycles. The van der Waals surface area contributed by atoms with Crippen molar-refractivity contribution in [1.82, 2.24) is 10.6 Å². The molecule has 0 bridgehead atoms. The zero-order valence-electron chi connectivity index (χ0n) is 9.68. The zero-order valence-corrected chi connectivity index (χ0v) is 9.68. The van der Waals surface area contributed by atoms with Gasteiger partial charge in [0.1, 0.15) is 0 Å². The average molecular weight is 200 g/mol. The highest BCUT2D eigenvalue weighted by Gasteiger charge is 2.14. The molecule has 0 aromatic carbocycles. The van der Waals surface area contributed by atoms with Crippen molar-refractivity contribution < 1.29 is 4.74 Å². The molecular weight excluding hydrogens is 176 g/mol. The Kier molecular flexibility index (Phi) is 5.45. The Morgan fingerprint density at radius 2 is 2.14 bits per heavy atom. The first-order valence-corrected chi connectivity index (χ1v) is 5.77. The summed E-state index contributed by atoms with van der Waals surface area (Å²) in [6, 6.07) is 1.10. The molecule has 0 radical (unpaired) electrons. The van der Waals surface area contributed by atoms with Crippen LogP contribution >= 0.6 is 0 Å². The quantitative estimate of drug-likeness (QED) is 0.674. The van der Waals surface area contributed by atoms with Crippen LogP contribution in [-0.2, 0) is 4.74 Å². The molecule has 0 aromatic rings. The predicted molar refractivity (Wildman–Crippen MR) is 59.6 cm³/mol. The van der Waals surface area contributed by atoms with Crippen LogP contribution in [0.25, 0.3) is 0 Å². The summed E-state index contributed by atoms with van der Waals surface area (Å²) in [5.74, 6) is 0. The number of hydrogen-bond acceptors (Lipinski definition) is 3. The van der Waals surface area contributed by atoms with Crippen LogP contribution in [0.2, 0.25) is 0 Å². The second-order valence-electron chi connectivity index (χ2n) is 4.52. The summed E-state index contributed by atoms with van der Waals surface area (Å²) < 4.78 is 5.53. The summed E-state index contributed by atoms with van der Waals surface area (Å²) >= 11 is 0. The number of ether oxygens (including phenoxy) is 1. The van der Waals surface area contributed by atoms with Crippen molar-refractivity contribution in [3.63, 3.8) is 0 Å². The van der Waals surface area contributed by atoms with E-state index in [0.717, 1.165) is 19.7 Å². The van der Waals surface area contributed by atoms with E-state index in [1.165, 1.54) is 12.8 Å². The van der Waals surface area contributed by atoms with Crippen LogP contribution in [0.15, 0.2) is 0 Å². The lowest BCUT2D eigenvalue weighted by Gasteiger charge is -2.18. The van der Waals surface area contributed by atoms with Crippen LogP contribution in [0.4, 0.5) is 0 Å². The largest absolute Gasteiger partial charge is 0.377 e. The number of nitrogens with one attached hydrogen (secondary N) is 2. The van der Waals surface area contributed by atoms with Gasteiger partial charge in [-0.15, -0.1) is 0 Å². The third-order valence-corrected chi connectivity index (χ3v) is 2.46. The Morgan fingerprint density at radius 1 is 1.36 bits per heavy atom. The maximum absolute atomic E-state index is 5.53. The summed E-state index contributed by atoms with van der Waals surface area (Å²) in [5.41, 5.74) is 0. The average Bonchev–Trinajstić information content (AvgIpc) is 2.55. The highest BCUT2D eigenvalue weighted by molar-refractivity contribution is 4.71. The van der Waals surface area contributed by atoms with Crippen LogP contribution in [0, 0.1) is 0 Å². The summed E-state index contributed by atoms with van der Waals surface area (Å²) in [6.45, 7) is 9.55. The van der Waals surface area contributed by atoms with Gasteiger partial charge in [0.15, 0.2) is 0 Å². The van der Waals surface area contributed by atoms with E-state index in [0.29, 0.717) is 18.2 Å². The molecule has 14 heavy (non-hydrogen) atoms. The summed E-state index contributed by atoms with van der Waals surface area (Å²) in [4.78, 5) is 0. The van der Waals surface area contributed by atoms with Crippen molar-refractivity contribution in [3.05, 3.63) is 0 Å². The van der Waals surface area contributed by atoms with E-state index in [2.05, 4.69) is 31.4 Å². The number of rotatable bonds is 6. The minimum atomic E-state index is 0.459. The molecule has 0 amide bonds. The van der Waals surface area contributed by atoms with Gasteiger partial charge in [0.05, 0.1) is 6.10 Å². The molecule has 1 aliphatic heterocycles. The van der Waals surface area contributed by atoms with Crippen molar-refractivity contribution in [2.24, 2.45) is 0 Å². The summed E-state index contributed by atoms with van der Waals surface area (Å²) in [5, 5.41) is 6.91. The van der Waals surface area contributed by atoms with Crippen molar-refractivity contribution >= 4 is 0 Å². The lowest BCUT2D eigenvalue weighted by molar-refractivity contribution is 0.109. The third kappa shape index (κ3) is 4.94. The second-order valence-corrected chi connectivity index (χ2v) is 4.52. The van der Waals surface area contributed by atoms with Gasteiger partial charge in [-0.2, -0.15) is 0 Å². The topological polar surface area (TPSA) is 33.3 Å². The molecule has 3 nitrogen and oxygen atoms in total. The molecule has 1 fully saturated rings. The molecule has 3 heteroatoms. The number of hydrogen-bond donors (Lipinski definition) is 2. The molecule has 0 spiro atoms. The van der Waals surface area contributed by atoms with E-state index < -0.39 is 0 Å². The predicted octanol–water partition coefficient (Wildman–Crippen LogP) is 1.14. The van der Waals surface area contributed by atoms with Gasteiger partial charge < -0.3 is 15.4 Å². The Bertz CT molecular complexity index is 144. The Balaban J connectivity index is 1.96. The standard InChI is InChI=1S/C11H24N2O/c1-9(2)13-10(3)7-12-8-11-5-4-6-14-11/h9-13H,4-8H2,1-3H3. The molecule has 1 rings (SSSR count). The molecule has 1 heterocycles. The minimum Gasteiger partial charge on any atom is -0.377 e. The van der Waals surface area contributed by atoms with Crippen molar-refractivity contribution in [2.45, 2.75) is 51.8 Å². The SMILES string of the molecule is CC(C)NC(C)CNCC1CCCO1. The van der Waals surface area contributed by atoms with Crippen LogP contribution < -0.4 is 10.6 Å². The van der Waals surface area contributed by atoms with Gasteiger partial charge in [-0.05, 0) is 19.8 Å². The van der Waals surface area contributed by atoms with Gasteiger partial charge in [-0.3, -0.25) is 0 Å². The lowest BCUT2D eigenvalue weighted by atomic mass is 10.2. The second kappa shape index (κ2) is 6.38. The highest BCUT2D eigenvalue weighted by Crippen LogP contribution is 2.10.